The molecule has 9 nitrogen and oxygen atoms in total. The summed E-state index contributed by atoms with van der Waals surface area (Å²) in [6.45, 7) is -1.26. The van der Waals surface area contributed by atoms with Crippen LogP contribution in [0.1, 0.15) is 29.6 Å². The average molecular weight is 503 g/mol. The number of benzene rings is 1. The number of alkyl halides is 2. The van der Waals surface area contributed by atoms with Crippen LogP contribution in [0.5, 0.6) is 17.2 Å². The van der Waals surface area contributed by atoms with E-state index in [1.165, 1.54) is 13.2 Å². The number of ether oxygens (including phenoxy) is 3. The number of pyridine rings is 1. The number of aliphatic hydroxyl groups is 1. The molecule has 2 aromatic heterocycles. The second kappa shape index (κ2) is 10.3. The molecule has 1 aliphatic heterocycles. The molecule has 1 saturated carbocycles. The van der Waals surface area contributed by atoms with Gasteiger partial charge in [0.15, 0.2) is 0 Å². The highest BCUT2D eigenvalue weighted by Gasteiger charge is 2.29. The van der Waals surface area contributed by atoms with E-state index in [1.807, 2.05) is 0 Å². The molecule has 2 fully saturated rings. The Morgan fingerprint density at radius 3 is 2.81 bits per heavy atom. The molecule has 1 aliphatic carbocycles. The van der Waals surface area contributed by atoms with Gasteiger partial charge in [0.2, 0.25) is 0 Å². The number of carbonyl (C=O) groups excluding carboxylic acids is 1. The van der Waals surface area contributed by atoms with Crippen molar-refractivity contribution in [1.29, 1.82) is 0 Å². The third-order valence-electron chi connectivity index (χ3n) is 6.45. The lowest BCUT2D eigenvalue weighted by Gasteiger charge is -2.28. The number of imidazole rings is 1. The first-order chi connectivity index (χ1) is 17.4. The van der Waals surface area contributed by atoms with Crippen LogP contribution in [0.4, 0.5) is 8.78 Å². The van der Waals surface area contributed by atoms with Crippen LogP contribution in [-0.4, -0.2) is 66.0 Å². The lowest BCUT2D eigenvalue weighted by molar-refractivity contribution is -0.0502. The van der Waals surface area contributed by atoms with Crippen molar-refractivity contribution in [3.05, 3.63) is 42.2 Å². The summed E-state index contributed by atoms with van der Waals surface area (Å²) in [6.07, 6.45) is 5.35. The third kappa shape index (κ3) is 5.21. The number of hydrogen-bond acceptors (Lipinski definition) is 7. The summed E-state index contributed by atoms with van der Waals surface area (Å²) >= 11 is 0. The standard InChI is InChI=1S/C25H28F2N4O5/c1-34-20-8-14(9-21(36-25(26)27)23(20)24(33)30-16-2-3-16)18-12-29-22-10-17(5-7-31(18)22)35-13-15-11-28-6-4-19(15)32/h5,7-10,12,15-16,19,25,28,32H,2-4,6,11,13H2,1H3,(H,30,33)/t15-,19+/m1/s1. The van der Waals surface area contributed by atoms with Crippen molar-refractivity contribution < 1.29 is 32.9 Å². The third-order valence-corrected chi connectivity index (χ3v) is 6.45. The van der Waals surface area contributed by atoms with Gasteiger partial charge in [-0.2, -0.15) is 8.78 Å². The number of halogens is 2. The van der Waals surface area contributed by atoms with E-state index in [2.05, 4.69) is 15.6 Å². The topological polar surface area (TPSA) is 106 Å². The Labute approximate surface area is 206 Å². The molecule has 1 aromatic carbocycles. The van der Waals surface area contributed by atoms with Crippen LogP contribution < -0.4 is 24.8 Å². The van der Waals surface area contributed by atoms with E-state index in [4.69, 9.17) is 14.2 Å². The summed E-state index contributed by atoms with van der Waals surface area (Å²) in [6, 6.07) is 6.56. The molecule has 3 N–H and O–H groups in total. The Hall–Kier alpha value is -3.44. The maximum absolute atomic E-state index is 13.2. The molecule has 2 aliphatic rings. The van der Waals surface area contributed by atoms with E-state index in [9.17, 15) is 18.7 Å². The maximum atomic E-state index is 13.2. The SMILES string of the molecule is COc1cc(-c2cnc3cc(OC[C@H]4CNCC[C@@H]4O)ccn23)cc(OC(F)F)c1C(=O)NC1CC1. The molecule has 0 radical (unpaired) electrons. The van der Waals surface area contributed by atoms with Crippen molar-refractivity contribution in [3.8, 4) is 28.5 Å². The van der Waals surface area contributed by atoms with Gasteiger partial charge in [0, 0.05) is 36.3 Å². The average Bonchev–Trinajstić information content (AvgIpc) is 3.57. The number of piperidine rings is 1. The Balaban J connectivity index is 1.43. The van der Waals surface area contributed by atoms with E-state index < -0.39 is 18.6 Å². The molecular formula is C25H28F2N4O5. The molecule has 0 unspecified atom stereocenters. The van der Waals surface area contributed by atoms with Gasteiger partial charge < -0.3 is 30.0 Å². The zero-order chi connectivity index (χ0) is 25.2. The number of rotatable bonds is 9. The molecule has 192 valence electrons. The Morgan fingerprint density at radius 1 is 1.28 bits per heavy atom. The van der Waals surface area contributed by atoms with Gasteiger partial charge in [-0.25, -0.2) is 4.98 Å². The van der Waals surface area contributed by atoms with Gasteiger partial charge in [0.1, 0.15) is 28.5 Å². The maximum Gasteiger partial charge on any atom is 0.387 e. The van der Waals surface area contributed by atoms with Crippen LogP contribution in [0, 0.1) is 5.92 Å². The van der Waals surface area contributed by atoms with Crippen LogP contribution in [0.15, 0.2) is 36.7 Å². The molecule has 5 rings (SSSR count). The first-order valence-electron chi connectivity index (χ1n) is 11.9. The quantitative estimate of drug-likeness (QED) is 0.413. The van der Waals surface area contributed by atoms with Gasteiger partial charge in [-0.05, 0) is 44.0 Å². The number of amides is 1. The summed E-state index contributed by atoms with van der Waals surface area (Å²) in [7, 11) is 1.37. The van der Waals surface area contributed by atoms with Crippen LogP contribution in [0.3, 0.4) is 0 Å². The van der Waals surface area contributed by atoms with E-state index in [0.29, 0.717) is 42.2 Å². The second-order valence-corrected chi connectivity index (χ2v) is 9.04. The Kier molecular flexibility index (Phi) is 6.92. The van der Waals surface area contributed by atoms with Crippen LogP contribution in [0.2, 0.25) is 0 Å². The first-order valence-corrected chi connectivity index (χ1v) is 11.9. The molecule has 1 saturated heterocycles. The summed E-state index contributed by atoms with van der Waals surface area (Å²) in [5.41, 5.74) is 1.59. The zero-order valence-electron chi connectivity index (χ0n) is 19.7. The first kappa shape index (κ1) is 24.3. The van der Waals surface area contributed by atoms with Crippen molar-refractivity contribution in [2.75, 3.05) is 26.8 Å². The number of hydrogen-bond donors (Lipinski definition) is 3. The van der Waals surface area contributed by atoms with Gasteiger partial charge in [0.25, 0.3) is 5.91 Å². The summed E-state index contributed by atoms with van der Waals surface area (Å²) in [5, 5.41) is 16.2. The Bertz CT molecular complexity index is 1250. The fraction of sp³-hybridized carbons (Fsp3) is 0.440. The van der Waals surface area contributed by atoms with E-state index >= 15 is 0 Å². The van der Waals surface area contributed by atoms with Crippen molar-refractivity contribution >= 4 is 11.6 Å². The molecule has 0 spiro atoms. The molecule has 1 amide bonds. The number of nitrogens with zero attached hydrogens (tertiary/aromatic N) is 2. The summed E-state index contributed by atoms with van der Waals surface area (Å²) in [5.74, 6) is -0.0665. The van der Waals surface area contributed by atoms with Crippen molar-refractivity contribution in [2.45, 2.75) is 38.0 Å². The molecule has 0 bridgehead atoms. The lowest BCUT2D eigenvalue weighted by atomic mass is 9.97. The van der Waals surface area contributed by atoms with Crippen LogP contribution in [-0.2, 0) is 0 Å². The smallest absolute Gasteiger partial charge is 0.387 e. The van der Waals surface area contributed by atoms with Crippen LogP contribution >= 0.6 is 0 Å². The number of aliphatic hydroxyl groups excluding tert-OH is 1. The molecular weight excluding hydrogens is 474 g/mol. The minimum Gasteiger partial charge on any atom is -0.496 e. The molecule has 11 heteroatoms. The number of nitrogens with one attached hydrogen (secondary N) is 2. The fourth-order valence-corrected chi connectivity index (χ4v) is 4.34. The molecule has 36 heavy (non-hydrogen) atoms. The van der Waals surface area contributed by atoms with Crippen LogP contribution in [0.25, 0.3) is 16.9 Å². The van der Waals surface area contributed by atoms with Gasteiger partial charge >= 0.3 is 6.61 Å². The number of fused-ring (bicyclic) bond motifs is 1. The normalized spacial score (nSPS) is 19.9. The Morgan fingerprint density at radius 2 is 2.08 bits per heavy atom. The largest absolute Gasteiger partial charge is 0.496 e. The predicted molar refractivity (Wildman–Crippen MR) is 127 cm³/mol. The zero-order valence-corrected chi connectivity index (χ0v) is 19.7. The fourth-order valence-electron chi connectivity index (χ4n) is 4.34. The van der Waals surface area contributed by atoms with Gasteiger partial charge in [-0.3, -0.25) is 9.20 Å². The summed E-state index contributed by atoms with van der Waals surface area (Å²) in [4.78, 5) is 17.2. The van der Waals surface area contributed by atoms with E-state index in [-0.39, 0.29) is 29.0 Å². The number of aromatic nitrogens is 2. The van der Waals surface area contributed by atoms with Crippen molar-refractivity contribution in [3.63, 3.8) is 0 Å². The highest BCUT2D eigenvalue weighted by molar-refractivity contribution is 6.01. The van der Waals surface area contributed by atoms with Gasteiger partial charge in [-0.1, -0.05) is 0 Å². The van der Waals surface area contributed by atoms with E-state index in [1.54, 1.807) is 35.0 Å². The monoisotopic (exact) mass is 502 g/mol. The second-order valence-electron chi connectivity index (χ2n) is 9.04. The molecule has 2 atom stereocenters. The predicted octanol–water partition coefficient (Wildman–Crippen LogP) is 2.85. The number of carbonyl (C=O) groups is 1. The minimum atomic E-state index is -3.11. The van der Waals surface area contributed by atoms with Gasteiger partial charge in [0.05, 0.1) is 31.7 Å². The van der Waals surface area contributed by atoms with Crippen molar-refractivity contribution in [2.24, 2.45) is 5.92 Å². The number of methoxy groups -OCH3 is 1. The lowest BCUT2D eigenvalue weighted by Crippen LogP contribution is -2.42. The van der Waals surface area contributed by atoms with E-state index in [0.717, 1.165) is 19.4 Å². The minimum absolute atomic E-state index is 0.00151. The summed E-state index contributed by atoms with van der Waals surface area (Å²) < 4.78 is 44.3. The molecule has 3 aromatic rings. The highest BCUT2D eigenvalue weighted by atomic mass is 19.3. The molecule has 3 heterocycles. The van der Waals surface area contributed by atoms with Crippen molar-refractivity contribution in [1.82, 2.24) is 20.0 Å². The highest BCUT2D eigenvalue weighted by Crippen LogP contribution is 2.37. The van der Waals surface area contributed by atoms with Gasteiger partial charge in [-0.15, -0.1) is 0 Å².